The number of rotatable bonds is 7. The number of halogens is 3. The van der Waals surface area contributed by atoms with Crippen LogP contribution in [0.25, 0.3) is 16.6 Å². The van der Waals surface area contributed by atoms with Crippen LogP contribution in [-0.4, -0.2) is 34.0 Å². The van der Waals surface area contributed by atoms with Gasteiger partial charge >= 0.3 is 6.18 Å². The molecule has 0 radical (unpaired) electrons. The smallest absolute Gasteiger partial charge is 0.360 e. The van der Waals surface area contributed by atoms with Crippen LogP contribution in [0, 0.1) is 0 Å². The summed E-state index contributed by atoms with van der Waals surface area (Å²) in [5, 5.41) is 5.12. The Labute approximate surface area is 174 Å². The van der Waals surface area contributed by atoms with E-state index in [9.17, 15) is 13.2 Å². The molecule has 0 saturated heterocycles. The third kappa shape index (κ3) is 4.46. The lowest BCUT2D eigenvalue weighted by atomic mass is 9.83. The Kier molecular flexibility index (Phi) is 5.52. The fourth-order valence-electron chi connectivity index (χ4n) is 3.55. The van der Waals surface area contributed by atoms with Crippen molar-refractivity contribution in [3.05, 3.63) is 42.1 Å². The van der Waals surface area contributed by atoms with Crippen LogP contribution in [0.3, 0.4) is 0 Å². The molecule has 2 aromatic heterocycles. The molecule has 4 rings (SSSR count). The van der Waals surface area contributed by atoms with Crippen LogP contribution < -0.4 is 0 Å². The first-order valence-electron chi connectivity index (χ1n) is 10.3. The third-order valence-corrected chi connectivity index (χ3v) is 7.32. The van der Waals surface area contributed by atoms with Crippen molar-refractivity contribution in [2.75, 3.05) is 6.61 Å². The molecule has 2 heterocycles. The molecule has 0 bridgehead atoms. The highest BCUT2D eigenvalue weighted by Gasteiger charge is 2.38. The zero-order valence-corrected chi connectivity index (χ0v) is 18.5. The number of benzene rings is 1. The van der Waals surface area contributed by atoms with Gasteiger partial charge in [0.05, 0.1) is 17.4 Å². The molecule has 162 valence electrons. The molecule has 0 unspecified atom stereocenters. The van der Waals surface area contributed by atoms with Gasteiger partial charge in [0.2, 0.25) is 5.82 Å². The maximum atomic E-state index is 13.6. The molecular formula is C21H27F3N4OSi. The second-order valence-electron chi connectivity index (χ2n) is 9.22. The summed E-state index contributed by atoms with van der Waals surface area (Å²) < 4.78 is 49.4. The number of hydrogen-bond donors (Lipinski definition) is 0. The lowest BCUT2D eigenvalue weighted by molar-refractivity contribution is -0.146. The van der Waals surface area contributed by atoms with Gasteiger partial charge in [-0.1, -0.05) is 26.1 Å². The van der Waals surface area contributed by atoms with E-state index in [4.69, 9.17) is 4.74 Å². The van der Waals surface area contributed by atoms with Gasteiger partial charge < -0.3 is 4.74 Å². The van der Waals surface area contributed by atoms with Crippen molar-refractivity contribution in [1.82, 2.24) is 19.3 Å². The second kappa shape index (κ2) is 7.85. The van der Waals surface area contributed by atoms with Gasteiger partial charge in [-0.25, -0.2) is 9.67 Å². The predicted octanol–water partition coefficient (Wildman–Crippen LogP) is 5.82. The Morgan fingerprint density at radius 2 is 1.97 bits per heavy atom. The van der Waals surface area contributed by atoms with E-state index >= 15 is 0 Å². The molecule has 0 atom stereocenters. The lowest BCUT2D eigenvalue weighted by Gasteiger charge is -2.22. The summed E-state index contributed by atoms with van der Waals surface area (Å²) in [5.41, 5.74) is 1.80. The van der Waals surface area contributed by atoms with Gasteiger partial charge in [0.25, 0.3) is 0 Å². The van der Waals surface area contributed by atoms with E-state index in [1.54, 1.807) is 29.1 Å². The summed E-state index contributed by atoms with van der Waals surface area (Å²) in [5.74, 6) is -0.738. The number of alkyl halides is 3. The van der Waals surface area contributed by atoms with Crippen molar-refractivity contribution in [2.24, 2.45) is 0 Å². The summed E-state index contributed by atoms with van der Waals surface area (Å²) in [6.07, 6.45) is 1.54. The fourth-order valence-corrected chi connectivity index (χ4v) is 4.31. The van der Waals surface area contributed by atoms with Crippen LogP contribution in [0.2, 0.25) is 25.7 Å². The molecule has 9 heteroatoms. The molecule has 1 aliphatic rings. The topological polar surface area (TPSA) is 44.9 Å². The molecule has 30 heavy (non-hydrogen) atoms. The number of fused-ring (bicyclic) bond motifs is 1. The highest BCUT2D eigenvalue weighted by atomic mass is 28.3. The largest absolute Gasteiger partial charge is 0.450 e. The second-order valence-corrected chi connectivity index (χ2v) is 14.8. The van der Waals surface area contributed by atoms with Crippen molar-refractivity contribution in [3.63, 3.8) is 0 Å². The fraction of sp³-hybridized carbons (Fsp3) is 0.524. The standard InChI is InChI=1S/C21H27F3N4OSi/c1-30(2,3)10-9-29-14-28-19-8-7-17(11-16(19)12-25-28)27-13-18(15-5-4-6-15)26-20(27)21(22,23)24/h7-8,11-13,15H,4-6,9-10,14H2,1-3H3. The molecule has 3 aromatic rings. The maximum absolute atomic E-state index is 13.6. The molecule has 0 N–H and O–H groups in total. The van der Waals surface area contributed by atoms with Crippen LogP contribution in [0.1, 0.15) is 36.7 Å². The quantitative estimate of drug-likeness (QED) is 0.346. The number of hydrogen-bond acceptors (Lipinski definition) is 3. The average Bonchev–Trinajstić information content (AvgIpc) is 3.20. The minimum Gasteiger partial charge on any atom is -0.360 e. The average molecular weight is 437 g/mol. The van der Waals surface area contributed by atoms with Crippen molar-refractivity contribution < 1.29 is 17.9 Å². The molecule has 5 nitrogen and oxygen atoms in total. The summed E-state index contributed by atoms with van der Waals surface area (Å²) >= 11 is 0. The van der Waals surface area contributed by atoms with Crippen LogP contribution in [0.4, 0.5) is 13.2 Å². The Morgan fingerprint density at radius 1 is 1.20 bits per heavy atom. The molecule has 0 amide bonds. The van der Waals surface area contributed by atoms with Crippen molar-refractivity contribution in [2.45, 2.75) is 63.8 Å². The molecule has 1 aliphatic carbocycles. The number of imidazole rings is 1. The maximum Gasteiger partial charge on any atom is 0.450 e. The van der Waals surface area contributed by atoms with Gasteiger partial charge in [0.1, 0.15) is 6.73 Å². The molecule has 1 saturated carbocycles. The summed E-state index contributed by atoms with van der Waals surface area (Å²) in [6.45, 7) is 7.90. The van der Waals surface area contributed by atoms with E-state index in [2.05, 4.69) is 29.7 Å². The highest BCUT2D eigenvalue weighted by molar-refractivity contribution is 6.76. The first kappa shape index (κ1) is 21.1. The summed E-state index contributed by atoms with van der Waals surface area (Å²) in [6, 6.07) is 6.27. The summed E-state index contributed by atoms with van der Waals surface area (Å²) in [7, 11) is -1.16. The van der Waals surface area contributed by atoms with Gasteiger partial charge in [0.15, 0.2) is 0 Å². The number of aromatic nitrogens is 4. The SMILES string of the molecule is C[Si](C)(C)CCOCn1ncc2cc(-n3cc(C4CCC4)nc3C(F)(F)F)ccc21. The van der Waals surface area contributed by atoms with E-state index in [1.807, 2.05) is 0 Å². The molecule has 0 aliphatic heterocycles. The monoisotopic (exact) mass is 436 g/mol. The van der Waals surface area contributed by atoms with Crippen LogP contribution in [-0.2, 0) is 17.6 Å². The van der Waals surface area contributed by atoms with Gasteiger partial charge in [-0.3, -0.25) is 4.57 Å². The van der Waals surface area contributed by atoms with Crippen LogP contribution in [0.5, 0.6) is 0 Å². The van der Waals surface area contributed by atoms with E-state index in [-0.39, 0.29) is 5.92 Å². The van der Waals surface area contributed by atoms with Gasteiger partial charge in [-0.2, -0.15) is 18.3 Å². The highest BCUT2D eigenvalue weighted by Crippen LogP contribution is 2.39. The zero-order valence-electron chi connectivity index (χ0n) is 17.5. The number of ether oxygens (including phenoxy) is 1. The zero-order chi connectivity index (χ0) is 21.5. The van der Waals surface area contributed by atoms with Gasteiger partial charge in [-0.05, 0) is 37.1 Å². The van der Waals surface area contributed by atoms with Crippen LogP contribution >= 0.6 is 0 Å². The lowest BCUT2D eigenvalue weighted by Crippen LogP contribution is -2.22. The van der Waals surface area contributed by atoms with E-state index in [0.29, 0.717) is 24.7 Å². The number of nitrogens with zero attached hydrogens (tertiary/aromatic N) is 4. The van der Waals surface area contributed by atoms with Gasteiger partial charge in [-0.15, -0.1) is 0 Å². The summed E-state index contributed by atoms with van der Waals surface area (Å²) in [4.78, 5) is 3.94. The molecule has 0 spiro atoms. The van der Waals surface area contributed by atoms with E-state index < -0.39 is 20.1 Å². The van der Waals surface area contributed by atoms with Crippen molar-refractivity contribution in [3.8, 4) is 5.69 Å². The predicted molar refractivity (Wildman–Crippen MR) is 113 cm³/mol. The van der Waals surface area contributed by atoms with Gasteiger partial charge in [0, 0.05) is 37.9 Å². The minimum atomic E-state index is -4.51. The Bertz CT molecular complexity index is 1030. The third-order valence-electron chi connectivity index (χ3n) is 5.62. The Morgan fingerprint density at radius 3 is 2.60 bits per heavy atom. The van der Waals surface area contributed by atoms with Crippen LogP contribution in [0.15, 0.2) is 30.6 Å². The first-order valence-corrected chi connectivity index (χ1v) is 14.0. The molecule has 1 fully saturated rings. The van der Waals surface area contributed by atoms with Crippen molar-refractivity contribution in [1.29, 1.82) is 0 Å². The first-order chi connectivity index (χ1) is 14.1. The molecule has 1 aromatic carbocycles. The van der Waals surface area contributed by atoms with E-state index in [0.717, 1.165) is 40.8 Å². The molecular weight excluding hydrogens is 409 g/mol. The normalized spacial score (nSPS) is 15.7. The Hall–Kier alpha value is -2.13. The Balaban J connectivity index is 1.58. The van der Waals surface area contributed by atoms with E-state index in [1.165, 1.54) is 6.20 Å². The minimum absolute atomic E-state index is 0.132. The van der Waals surface area contributed by atoms with Crippen molar-refractivity contribution >= 4 is 19.0 Å².